The number of nitrogens with one attached hydrogen (secondary N) is 1. The molecule has 1 aromatic carbocycles. The summed E-state index contributed by atoms with van der Waals surface area (Å²) in [5.41, 5.74) is 3.10. The third kappa shape index (κ3) is 4.39. The molecule has 3 rings (SSSR count). The number of carbonyl (C=O) groups is 1. The molecule has 25 heavy (non-hydrogen) atoms. The van der Waals surface area contributed by atoms with E-state index in [0.717, 1.165) is 21.7 Å². The first-order valence-corrected chi connectivity index (χ1v) is 9.71. The molecular formula is C16H16ClN5OS2. The van der Waals surface area contributed by atoms with Gasteiger partial charge in [0, 0.05) is 4.88 Å². The van der Waals surface area contributed by atoms with E-state index in [4.69, 9.17) is 11.6 Å². The lowest BCUT2D eigenvalue weighted by Crippen LogP contribution is -2.24. The molecule has 1 N–H and O–H groups in total. The van der Waals surface area contributed by atoms with Gasteiger partial charge in [0.2, 0.25) is 11.1 Å². The Bertz CT molecular complexity index is 872. The second kappa shape index (κ2) is 7.99. The molecule has 130 valence electrons. The molecule has 1 amide bonds. The zero-order chi connectivity index (χ0) is 17.8. The molecule has 0 aliphatic carbocycles. The average Bonchev–Trinajstić information content (AvgIpc) is 3.20. The number of halogens is 1. The first-order chi connectivity index (χ1) is 12.0. The molecule has 0 unspecified atom stereocenters. The van der Waals surface area contributed by atoms with Crippen LogP contribution in [-0.4, -0.2) is 31.9 Å². The number of amides is 1. The number of thioether (sulfide) groups is 1. The van der Waals surface area contributed by atoms with Crippen molar-refractivity contribution in [2.45, 2.75) is 25.5 Å². The lowest BCUT2D eigenvalue weighted by Gasteiger charge is -2.10. The fraction of sp³-hybridized carbons (Fsp3) is 0.250. The second-order valence-corrected chi connectivity index (χ2v) is 8.13. The summed E-state index contributed by atoms with van der Waals surface area (Å²) in [5.74, 6) is 0.162. The van der Waals surface area contributed by atoms with Crippen molar-refractivity contribution in [1.29, 1.82) is 0 Å². The maximum atomic E-state index is 12.1. The number of nitrogens with zero attached hydrogens (tertiary/aromatic N) is 4. The minimum absolute atomic E-state index is 0.0782. The highest BCUT2D eigenvalue weighted by molar-refractivity contribution is 7.99. The van der Waals surface area contributed by atoms with Crippen molar-refractivity contribution < 1.29 is 4.79 Å². The van der Waals surface area contributed by atoms with Gasteiger partial charge in [0.15, 0.2) is 0 Å². The van der Waals surface area contributed by atoms with E-state index in [-0.39, 0.29) is 11.7 Å². The van der Waals surface area contributed by atoms with E-state index in [2.05, 4.69) is 20.8 Å². The number of hydrogen-bond acceptors (Lipinski definition) is 6. The number of hydrogen-bond donors (Lipinski definition) is 1. The van der Waals surface area contributed by atoms with Gasteiger partial charge in [-0.25, -0.2) is 0 Å². The lowest BCUT2D eigenvalue weighted by molar-refractivity contribution is -0.118. The highest BCUT2D eigenvalue weighted by Crippen LogP contribution is 2.24. The number of aromatic nitrogens is 4. The van der Waals surface area contributed by atoms with Gasteiger partial charge >= 0.3 is 0 Å². The number of carbonyl (C=O) groups excluding carboxylic acids is 1. The van der Waals surface area contributed by atoms with Crippen LogP contribution in [0, 0.1) is 13.8 Å². The Hall–Kier alpha value is -1.90. The fourth-order valence-corrected chi connectivity index (χ4v) is 4.10. The Morgan fingerprint density at radius 3 is 2.72 bits per heavy atom. The molecule has 0 saturated carbocycles. The van der Waals surface area contributed by atoms with Crippen molar-refractivity contribution in [3.8, 4) is 5.69 Å². The van der Waals surface area contributed by atoms with Crippen LogP contribution in [0.1, 0.15) is 16.0 Å². The van der Waals surface area contributed by atoms with E-state index in [1.165, 1.54) is 23.1 Å². The lowest BCUT2D eigenvalue weighted by atomic mass is 10.1. The fourth-order valence-electron chi connectivity index (χ4n) is 2.36. The van der Waals surface area contributed by atoms with E-state index in [1.807, 2.05) is 44.2 Å². The van der Waals surface area contributed by atoms with E-state index in [9.17, 15) is 4.79 Å². The van der Waals surface area contributed by atoms with E-state index >= 15 is 0 Å². The van der Waals surface area contributed by atoms with Crippen LogP contribution in [0.15, 0.2) is 35.5 Å². The first kappa shape index (κ1) is 17.9. The summed E-state index contributed by atoms with van der Waals surface area (Å²) in [7, 11) is 0. The molecule has 0 fully saturated rings. The molecule has 0 radical (unpaired) electrons. The summed E-state index contributed by atoms with van der Waals surface area (Å²) < 4.78 is 2.40. The van der Waals surface area contributed by atoms with E-state index < -0.39 is 0 Å². The molecule has 2 heterocycles. The van der Waals surface area contributed by atoms with Gasteiger partial charge in [0.05, 0.1) is 22.3 Å². The van der Waals surface area contributed by atoms with Crippen LogP contribution in [0.5, 0.6) is 0 Å². The van der Waals surface area contributed by atoms with Crippen molar-refractivity contribution in [2.24, 2.45) is 0 Å². The molecule has 6 nitrogen and oxygen atoms in total. The second-order valence-electron chi connectivity index (χ2n) is 5.38. The van der Waals surface area contributed by atoms with Crippen LogP contribution in [-0.2, 0) is 11.3 Å². The summed E-state index contributed by atoms with van der Waals surface area (Å²) in [6, 6.07) is 9.74. The van der Waals surface area contributed by atoms with Crippen molar-refractivity contribution in [1.82, 2.24) is 25.5 Å². The summed E-state index contributed by atoms with van der Waals surface area (Å²) >= 11 is 8.64. The topological polar surface area (TPSA) is 72.7 Å². The quantitative estimate of drug-likeness (QED) is 0.650. The number of rotatable bonds is 6. The molecule has 0 spiro atoms. The van der Waals surface area contributed by atoms with Crippen LogP contribution in [0.4, 0.5) is 0 Å². The van der Waals surface area contributed by atoms with Crippen molar-refractivity contribution in [3.63, 3.8) is 0 Å². The molecular weight excluding hydrogens is 378 g/mol. The Morgan fingerprint density at radius 2 is 2.04 bits per heavy atom. The average molecular weight is 394 g/mol. The molecule has 2 aromatic heterocycles. The number of tetrazole rings is 1. The van der Waals surface area contributed by atoms with Crippen LogP contribution in [0.2, 0.25) is 4.34 Å². The summed E-state index contributed by atoms with van der Waals surface area (Å²) in [6.45, 7) is 4.49. The van der Waals surface area contributed by atoms with Gasteiger partial charge in [0.1, 0.15) is 0 Å². The van der Waals surface area contributed by atoms with Gasteiger partial charge in [-0.1, -0.05) is 41.6 Å². The highest BCUT2D eigenvalue weighted by Gasteiger charge is 2.14. The minimum Gasteiger partial charge on any atom is -0.350 e. The summed E-state index contributed by atoms with van der Waals surface area (Å²) in [6.07, 6.45) is 0. The molecule has 0 aliphatic heterocycles. The van der Waals surface area contributed by atoms with Gasteiger partial charge in [-0.05, 0) is 47.5 Å². The number of aryl methyl sites for hydroxylation is 2. The Morgan fingerprint density at radius 1 is 1.28 bits per heavy atom. The van der Waals surface area contributed by atoms with Gasteiger partial charge in [-0.15, -0.1) is 16.4 Å². The largest absolute Gasteiger partial charge is 0.350 e. The zero-order valence-electron chi connectivity index (χ0n) is 13.7. The first-order valence-electron chi connectivity index (χ1n) is 7.53. The maximum absolute atomic E-state index is 12.1. The maximum Gasteiger partial charge on any atom is 0.230 e. The molecule has 0 bridgehead atoms. The van der Waals surface area contributed by atoms with Gasteiger partial charge < -0.3 is 5.32 Å². The minimum atomic E-state index is -0.0782. The molecule has 9 heteroatoms. The third-order valence-corrected chi connectivity index (χ3v) is 5.66. The van der Waals surface area contributed by atoms with Crippen molar-refractivity contribution in [3.05, 3.63) is 50.7 Å². The zero-order valence-corrected chi connectivity index (χ0v) is 16.1. The predicted octanol–water partition coefficient (Wildman–Crippen LogP) is 3.40. The molecule has 0 atom stereocenters. The van der Waals surface area contributed by atoms with Crippen LogP contribution in [0.3, 0.4) is 0 Å². The van der Waals surface area contributed by atoms with Crippen LogP contribution < -0.4 is 5.32 Å². The third-order valence-electron chi connectivity index (χ3n) is 3.51. The smallest absolute Gasteiger partial charge is 0.230 e. The predicted molar refractivity (Wildman–Crippen MR) is 101 cm³/mol. The Balaban J connectivity index is 1.63. The van der Waals surface area contributed by atoms with E-state index in [0.29, 0.717) is 16.0 Å². The Labute approximate surface area is 158 Å². The number of para-hydroxylation sites is 1. The van der Waals surface area contributed by atoms with E-state index in [1.54, 1.807) is 4.68 Å². The van der Waals surface area contributed by atoms with Gasteiger partial charge in [-0.2, -0.15) is 4.68 Å². The van der Waals surface area contributed by atoms with Crippen LogP contribution >= 0.6 is 34.7 Å². The van der Waals surface area contributed by atoms with Crippen LogP contribution in [0.25, 0.3) is 5.69 Å². The Kier molecular flexibility index (Phi) is 5.72. The molecule has 0 aliphatic rings. The normalized spacial score (nSPS) is 10.8. The summed E-state index contributed by atoms with van der Waals surface area (Å²) in [5, 5.41) is 15.3. The standard InChI is InChI=1S/C16H16ClN5OS2/c1-10-4-3-5-11(2)15(10)22-16(19-20-21-22)24-9-14(23)18-8-12-6-7-13(17)25-12/h3-7H,8-9H2,1-2H3,(H,18,23). The van der Waals surface area contributed by atoms with Crippen molar-refractivity contribution in [2.75, 3.05) is 5.75 Å². The monoisotopic (exact) mass is 393 g/mol. The SMILES string of the molecule is Cc1cccc(C)c1-n1nnnc1SCC(=O)NCc1ccc(Cl)s1. The molecule has 3 aromatic rings. The van der Waals surface area contributed by atoms with Crippen molar-refractivity contribution >= 4 is 40.6 Å². The highest BCUT2D eigenvalue weighted by atomic mass is 35.5. The van der Waals surface area contributed by atoms with Gasteiger partial charge in [-0.3, -0.25) is 4.79 Å². The summed E-state index contributed by atoms with van der Waals surface area (Å²) in [4.78, 5) is 13.1. The van der Waals surface area contributed by atoms with Gasteiger partial charge in [0.25, 0.3) is 0 Å². The number of benzene rings is 1. The number of thiophene rings is 1. The molecule has 0 saturated heterocycles.